The van der Waals surface area contributed by atoms with Crippen molar-refractivity contribution in [2.75, 3.05) is 13.1 Å². The van der Waals surface area contributed by atoms with Crippen LogP contribution < -0.4 is 10.6 Å². The Balaban J connectivity index is 1.72. The highest BCUT2D eigenvalue weighted by molar-refractivity contribution is 5.94. The molecule has 1 amide bonds. The smallest absolute Gasteiger partial charge is 0.251 e. The van der Waals surface area contributed by atoms with E-state index in [0.29, 0.717) is 18.7 Å². The maximum absolute atomic E-state index is 11.9. The van der Waals surface area contributed by atoms with Crippen LogP contribution in [0, 0.1) is 6.92 Å². The Morgan fingerprint density at radius 2 is 1.95 bits per heavy atom. The van der Waals surface area contributed by atoms with Gasteiger partial charge in [-0.1, -0.05) is 23.8 Å². The minimum Gasteiger partial charge on any atom is -0.351 e. The monoisotopic (exact) mass is 283 g/mol. The number of hydrogen-bond donors (Lipinski definition) is 2. The van der Waals surface area contributed by atoms with Crippen molar-refractivity contribution in [3.05, 3.63) is 65.5 Å². The highest BCUT2D eigenvalue weighted by Crippen LogP contribution is 2.08. The van der Waals surface area contributed by atoms with Crippen LogP contribution in [0.15, 0.2) is 48.8 Å². The number of aryl methyl sites for hydroxylation is 1. The van der Waals surface area contributed by atoms with Gasteiger partial charge in [-0.05, 0) is 37.6 Å². The second kappa shape index (κ2) is 7.55. The molecule has 21 heavy (non-hydrogen) atoms. The van der Waals surface area contributed by atoms with Gasteiger partial charge in [-0.15, -0.1) is 0 Å². The molecule has 1 atom stereocenters. The van der Waals surface area contributed by atoms with E-state index >= 15 is 0 Å². The molecule has 2 rings (SSSR count). The normalized spacial score (nSPS) is 11.9. The Morgan fingerprint density at radius 1 is 1.19 bits per heavy atom. The second-order valence-electron chi connectivity index (χ2n) is 5.08. The number of amides is 1. The fourth-order valence-corrected chi connectivity index (χ4v) is 2.02. The first-order valence-electron chi connectivity index (χ1n) is 7.15. The summed E-state index contributed by atoms with van der Waals surface area (Å²) < 4.78 is 0. The number of aromatic nitrogens is 1. The lowest BCUT2D eigenvalue weighted by Gasteiger charge is -2.14. The third-order valence-electron chi connectivity index (χ3n) is 3.36. The summed E-state index contributed by atoms with van der Waals surface area (Å²) in [5.74, 6) is -0.0363. The summed E-state index contributed by atoms with van der Waals surface area (Å²) in [5.41, 5.74) is 2.99. The van der Waals surface area contributed by atoms with Crippen LogP contribution in [0.1, 0.15) is 34.5 Å². The maximum Gasteiger partial charge on any atom is 0.251 e. The lowest BCUT2D eigenvalue weighted by Crippen LogP contribution is -2.32. The van der Waals surface area contributed by atoms with Crippen LogP contribution in [0.25, 0.3) is 0 Å². The molecule has 1 aromatic heterocycles. The molecule has 0 fully saturated rings. The SMILES string of the molecule is Cc1ccc(C(=O)NCCNC(C)c2cccnc2)cc1. The van der Waals surface area contributed by atoms with Gasteiger partial charge in [0.2, 0.25) is 0 Å². The van der Waals surface area contributed by atoms with Gasteiger partial charge in [-0.25, -0.2) is 0 Å². The van der Waals surface area contributed by atoms with E-state index in [2.05, 4.69) is 22.5 Å². The van der Waals surface area contributed by atoms with Gasteiger partial charge in [0.15, 0.2) is 0 Å². The Kier molecular flexibility index (Phi) is 5.46. The molecule has 0 saturated heterocycles. The first kappa shape index (κ1) is 15.2. The molecule has 0 saturated carbocycles. The van der Waals surface area contributed by atoms with E-state index in [0.717, 1.165) is 11.1 Å². The van der Waals surface area contributed by atoms with Gasteiger partial charge in [0, 0.05) is 37.1 Å². The summed E-state index contributed by atoms with van der Waals surface area (Å²) in [7, 11) is 0. The summed E-state index contributed by atoms with van der Waals surface area (Å²) in [6.07, 6.45) is 3.61. The van der Waals surface area contributed by atoms with Gasteiger partial charge in [0.25, 0.3) is 5.91 Å². The molecule has 4 nitrogen and oxygen atoms in total. The van der Waals surface area contributed by atoms with E-state index in [1.807, 2.05) is 49.5 Å². The van der Waals surface area contributed by atoms with Gasteiger partial charge in [-0.2, -0.15) is 0 Å². The van der Waals surface area contributed by atoms with Crippen molar-refractivity contribution in [2.24, 2.45) is 0 Å². The molecular weight excluding hydrogens is 262 g/mol. The third kappa shape index (κ3) is 4.68. The average Bonchev–Trinajstić information content (AvgIpc) is 2.52. The molecule has 1 aromatic carbocycles. The highest BCUT2D eigenvalue weighted by Gasteiger charge is 2.06. The number of nitrogens with zero attached hydrogens (tertiary/aromatic N) is 1. The van der Waals surface area contributed by atoms with E-state index in [1.165, 1.54) is 0 Å². The molecule has 0 spiro atoms. The number of hydrogen-bond acceptors (Lipinski definition) is 3. The Bertz CT molecular complexity index is 566. The van der Waals surface area contributed by atoms with Gasteiger partial charge in [0.05, 0.1) is 0 Å². The van der Waals surface area contributed by atoms with Gasteiger partial charge in [-0.3, -0.25) is 9.78 Å². The largest absolute Gasteiger partial charge is 0.351 e. The first-order valence-corrected chi connectivity index (χ1v) is 7.15. The zero-order valence-electron chi connectivity index (χ0n) is 12.5. The number of pyridine rings is 1. The van der Waals surface area contributed by atoms with Crippen LogP contribution in [0.5, 0.6) is 0 Å². The first-order chi connectivity index (χ1) is 10.2. The van der Waals surface area contributed by atoms with Crippen LogP contribution in [0.4, 0.5) is 0 Å². The molecule has 0 bridgehead atoms. The molecule has 110 valence electrons. The van der Waals surface area contributed by atoms with Crippen molar-refractivity contribution in [3.8, 4) is 0 Å². The average molecular weight is 283 g/mol. The van der Waals surface area contributed by atoms with Crippen LogP contribution >= 0.6 is 0 Å². The predicted molar refractivity (Wildman–Crippen MR) is 84.2 cm³/mol. The fraction of sp³-hybridized carbons (Fsp3) is 0.294. The number of benzene rings is 1. The van der Waals surface area contributed by atoms with Crippen molar-refractivity contribution in [1.82, 2.24) is 15.6 Å². The zero-order chi connectivity index (χ0) is 15.1. The molecule has 0 aliphatic rings. The van der Waals surface area contributed by atoms with Crippen molar-refractivity contribution in [1.29, 1.82) is 0 Å². The summed E-state index contributed by atoms with van der Waals surface area (Å²) >= 11 is 0. The van der Waals surface area contributed by atoms with Gasteiger partial charge in [0.1, 0.15) is 0 Å². The number of carbonyl (C=O) groups is 1. The van der Waals surface area contributed by atoms with Crippen LogP contribution in [-0.2, 0) is 0 Å². The molecule has 2 aromatic rings. The van der Waals surface area contributed by atoms with Crippen molar-refractivity contribution in [2.45, 2.75) is 19.9 Å². The predicted octanol–water partition coefficient (Wildman–Crippen LogP) is 2.47. The second-order valence-corrected chi connectivity index (χ2v) is 5.08. The van der Waals surface area contributed by atoms with Crippen molar-refractivity contribution < 1.29 is 4.79 Å². The molecule has 4 heteroatoms. The summed E-state index contributed by atoms with van der Waals surface area (Å²) in [5, 5.41) is 6.27. The maximum atomic E-state index is 11.9. The lowest BCUT2D eigenvalue weighted by molar-refractivity contribution is 0.0953. The summed E-state index contributed by atoms with van der Waals surface area (Å²) in [6, 6.07) is 11.7. The quantitative estimate of drug-likeness (QED) is 0.801. The molecule has 0 aliphatic heterocycles. The van der Waals surface area contributed by atoms with Crippen LogP contribution in [-0.4, -0.2) is 24.0 Å². The molecule has 1 heterocycles. The van der Waals surface area contributed by atoms with E-state index < -0.39 is 0 Å². The highest BCUT2D eigenvalue weighted by atomic mass is 16.1. The topological polar surface area (TPSA) is 54.0 Å². The molecule has 0 radical (unpaired) electrons. The van der Waals surface area contributed by atoms with Gasteiger partial charge >= 0.3 is 0 Å². The van der Waals surface area contributed by atoms with E-state index in [-0.39, 0.29) is 11.9 Å². The zero-order valence-corrected chi connectivity index (χ0v) is 12.5. The number of rotatable bonds is 6. The minimum absolute atomic E-state index is 0.0363. The minimum atomic E-state index is -0.0363. The summed E-state index contributed by atoms with van der Waals surface area (Å²) in [4.78, 5) is 16.0. The van der Waals surface area contributed by atoms with E-state index in [1.54, 1.807) is 6.20 Å². The van der Waals surface area contributed by atoms with E-state index in [4.69, 9.17) is 0 Å². The number of nitrogens with one attached hydrogen (secondary N) is 2. The third-order valence-corrected chi connectivity index (χ3v) is 3.36. The Labute approximate surface area is 125 Å². The van der Waals surface area contributed by atoms with Crippen LogP contribution in [0.3, 0.4) is 0 Å². The Morgan fingerprint density at radius 3 is 2.62 bits per heavy atom. The molecule has 0 aliphatic carbocycles. The fourth-order valence-electron chi connectivity index (χ4n) is 2.02. The van der Waals surface area contributed by atoms with E-state index in [9.17, 15) is 4.79 Å². The molecular formula is C17H21N3O. The standard InChI is InChI=1S/C17H21N3O/c1-13-5-7-15(8-6-13)17(21)20-11-10-19-14(2)16-4-3-9-18-12-16/h3-9,12,14,19H,10-11H2,1-2H3,(H,20,21). The Hall–Kier alpha value is -2.20. The van der Waals surface area contributed by atoms with Gasteiger partial charge < -0.3 is 10.6 Å². The summed E-state index contributed by atoms with van der Waals surface area (Å²) in [6.45, 7) is 5.40. The molecule has 2 N–H and O–H groups in total. The van der Waals surface area contributed by atoms with Crippen LogP contribution in [0.2, 0.25) is 0 Å². The number of carbonyl (C=O) groups excluding carboxylic acids is 1. The van der Waals surface area contributed by atoms with Crippen molar-refractivity contribution in [3.63, 3.8) is 0 Å². The molecule has 1 unspecified atom stereocenters. The van der Waals surface area contributed by atoms with Crippen molar-refractivity contribution >= 4 is 5.91 Å². The lowest BCUT2D eigenvalue weighted by atomic mass is 10.1.